The molecule has 1 aromatic heterocycles. The Morgan fingerprint density at radius 2 is 1.89 bits per heavy atom. The largest absolute Gasteiger partial charge is 0.493 e. The van der Waals surface area contributed by atoms with Crippen molar-refractivity contribution in [1.29, 1.82) is 0 Å². The van der Waals surface area contributed by atoms with Gasteiger partial charge in [-0.3, -0.25) is 0 Å². The second-order valence-electron chi connectivity index (χ2n) is 6.90. The van der Waals surface area contributed by atoms with Crippen LogP contribution in [0.1, 0.15) is 29.9 Å². The molecule has 0 amide bonds. The first-order valence-corrected chi connectivity index (χ1v) is 9.61. The molecule has 1 radical (unpaired) electrons. The van der Waals surface area contributed by atoms with Crippen molar-refractivity contribution < 1.29 is 14.6 Å². The Kier molecular flexibility index (Phi) is 7.96. The van der Waals surface area contributed by atoms with Crippen LogP contribution in [0.3, 0.4) is 0 Å². The smallest absolute Gasteiger partial charge is 0.335 e. The summed E-state index contributed by atoms with van der Waals surface area (Å²) in [5.41, 5.74) is 4.00. The van der Waals surface area contributed by atoms with Crippen molar-refractivity contribution in [2.45, 2.75) is 20.8 Å². The summed E-state index contributed by atoms with van der Waals surface area (Å²) in [5.74, 6) is 0.287. The normalized spacial score (nSPS) is 10.6. The molecule has 0 aliphatic carbocycles. The molecule has 1 heterocycles. The van der Waals surface area contributed by atoms with Crippen LogP contribution in [0.5, 0.6) is 5.75 Å². The molecule has 3 aromatic rings. The summed E-state index contributed by atoms with van der Waals surface area (Å²) in [4.78, 5) is 11.4. The molecule has 3 rings (SSSR count). The molecular weight excluding hydrogens is 429 g/mol. The van der Waals surface area contributed by atoms with Gasteiger partial charge in [0.1, 0.15) is 5.75 Å². The zero-order valence-corrected chi connectivity index (χ0v) is 20.2. The third-order valence-electron chi connectivity index (χ3n) is 4.22. The first-order valence-electron chi connectivity index (χ1n) is 8.81. The molecule has 0 atom stereocenters. The Balaban J connectivity index is 0.00000280. The summed E-state index contributed by atoms with van der Waals surface area (Å²) in [7, 11) is 0. The minimum absolute atomic E-state index is 0. The van der Waals surface area contributed by atoms with Crippen molar-refractivity contribution in [2.24, 2.45) is 5.92 Å². The second-order valence-corrected chi connectivity index (χ2v) is 7.81. The van der Waals surface area contributed by atoms with E-state index in [0.29, 0.717) is 12.5 Å². The van der Waals surface area contributed by atoms with Gasteiger partial charge < -0.3 is 14.4 Å². The van der Waals surface area contributed by atoms with E-state index < -0.39 is 5.97 Å². The van der Waals surface area contributed by atoms with Crippen LogP contribution in [-0.4, -0.2) is 51.8 Å². The standard InChI is InChI=1S/C22H22BrNO3.Na/c1-14(2)13-27-21-10-8-17(23)12-19(21)20-9-7-15(3)24(20)18-6-4-5-16(11-18)22(25)26;/h4-12,14H,13H2,1-3H3,(H,25,26);. The number of halogens is 1. The Bertz CT molecular complexity index is 982. The van der Waals surface area contributed by atoms with Crippen LogP contribution in [0.25, 0.3) is 16.9 Å². The quantitative estimate of drug-likeness (QED) is 0.499. The predicted molar refractivity (Wildman–Crippen MR) is 117 cm³/mol. The van der Waals surface area contributed by atoms with Gasteiger partial charge in [0.2, 0.25) is 0 Å². The fourth-order valence-corrected chi connectivity index (χ4v) is 3.32. The molecule has 0 bridgehead atoms. The van der Waals surface area contributed by atoms with Crippen molar-refractivity contribution in [3.8, 4) is 22.7 Å². The first-order chi connectivity index (χ1) is 12.9. The first kappa shape index (κ1) is 22.8. The average molecular weight is 451 g/mol. The van der Waals surface area contributed by atoms with Gasteiger partial charge in [-0.2, -0.15) is 0 Å². The molecule has 6 heteroatoms. The molecule has 2 aromatic carbocycles. The summed E-state index contributed by atoms with van der Waals surface area (Å²) in [5, 5.41) is 9.33. The van der Waals surface area contributed by atoms with Crippen LogP contribution in [0.2, 0.25) is 0 Å². The van der Waals surface area contributed by atoms with Gasteiger partial charge in [0.05, 0.1) is 17.9 Å². The van der Waals surface area contributed by atoms with E-state index in [0.717, 1.165) is 32.9 Å². The van der Waals surface area contributed by atoms with Crippen LogP contribution in [0, 0.1) is 12.8 Å². The minimum atomic E-state index is -0.938. The van der Waals surface area contributed by atoms with Crippen molar-refractivity contribution in [3.63, 3.8) is 0 Å². The van der Waals surface area contributed by atoms with Crippen LogP contribution < -0.4 is 4.74 Å². The number of hydrogen-bond acceptors (Lipinski definition) is 2. The fourth-order valence-electron chi connectivity index (χ4n) is 2.95. The Morgan fingerprint density at radius 3 is 2.57 bits per heavy atom. The zero-order valence-electron chi connectivity index (χ0n) is 16.6. The molecule has 0 unspecified atom stereocenters. The van der Waals surface area contributed by atoms with E-state index in [1.54, 1.807) is 18.2 Å². The number of carboxylic acids is 1. The van der Waals surface area contributed by atoms with Gasteiger partial charge in [-0.15, -0.1) is 0 Å². The van der Waals surface area contributed by atoms with Crippen molar-refractivity contribution in [2.75, 3.05) is 6.61 Å². The molecule has 28 heavy (non-hydrogen) atoms. The average Bonchev–Trinajstić information content (AvgIpc) is 3.02. The van der Waals surface area contributed by atoms with E-state index in [9.17, 15) is 9.90 Å². The van der Waals surface area contributed by atoms with E-state index in [4.69, 9.17) is 4.74 Å². The van der Waals surface area contributed by atoms with Crippen LogP contribution in [0.15, 0.2) is 59.1 Å². The summed E-state index contributed by atoms with van der Waals surface area (Å²) >= 11 is 3.55. The Labute approximate surface area is 196 Å². The topological polar surface area (TPSA) is 51.5 Å². The maximum atomic E-state index is 11.4. The van der Waals surface area contributed by atoms with Gasteiger partial charge in [0.25, 0.3) is 0 Å². The van der Waals surface area contributed by atoms with Crippen LogP contribution in [0.4, 0.5) is 0 Å². The number of benzene rings is 2. The molecule has 141 valence electrons. The maximum Gasteiger partial charge on any atom is 0.335 e. The van der Waals surface area contributed by atoms with Gasteiger partial charge in [-0.25, -0.2) is 4.79 Å². The number of aromatic carboxylic acids is 1. The van der Waals surface area contributed by atoms with E-state index in [-0.39, 0.29) is 35.1 Å². The number of aromatic nitrogens is 1. The molecule has 0 fully saturated rings. The molecule has 0 aliphatic heterocycles. The second kappa shape index (κ2) is 9.79. The van der Waals surface area contributed by atoms with E-state index in [1.165, 1.54) is 0 Å². The van der Waals surface area contributed by atoms with Crippen molar-refractivity contribution in [3.05, 3.63) is 70.3 Å². The fraction of sp³-hybridized carbons (Fsp3) is 0.227. The monoisotopic (exact) mass is 450 g/mol. The molecule has 0 spiro atoms. The number of carboxylic acid groups (broad SMARTS) is 1. The van der Waals surface area contributed by atoms with Crippen molar-refractivity contribution >= 4 is 51.5 Å². The molecule has 4 nitrogen and oxygen atoms in total. The maximum absolute atomic E-state index is 11.4. The number of rotatable bonds is 6. The van der Waals surface area contributed by atoms with Gasteiger partial charge in [-0.05, 0) is 61.4 Å². The molecule has 0 saturated carbocycles. The van der Waals surface area contributed by atoms with Gasteiger partial charge in [0.15, 0.2) is 0 Å². The summed E-state index contributed by atoms with van der Waals surface area (Å²) in [6.07, 6.45) is 0. The number of hydrogen-bond donors (Lipinski definition) is 1. The number of carbonyl (C=O) groups is 1. The van der Waals surface area contributed by atoms with Crippen LogP contribution >= 0.6 is 15.9 Å². The Morgan fingerprint density at radius 1 is 1.14 bits per heavy atom. The van der Waals surface area contributed by atoms with Crippen LogP contribution in [-0.2, 0) is 0 Å². The summed E-state index contributed by atoms with van der Waals surface area (Å²) < 4.78 is 9.05. The van der Waals surface area contributed by atoms with Crippen molar-refractivity contribution in [1.82, 2.24) is 4.57 Å². The van der Waals surface area contributed by atoms with E-state index in [2.05, 4.69) is 34.3 Å². The van der Waals surface area contributed by atoms with Gasteiger partial charge in [-0.1, -0.05) is 35.8 Å². The molecule has 1 N–H and O–H groups in total. The summed E-state index contributed by atoms with van der Waals surface area (Å²) in [6, 6.07) is 17.0. The van der Waals surface area contributed by atoms with Gasteiger partial charge >= 0.3 is 5.97 Å². The van der Waals surface area contributed by atoms with E-state index >= 15 is 0 Å². The molecule has 0 aliphatic rings. The Hall–Kier alpha value is -1.53. The molecule has 0 saturated heterocycles. The SMILES string of the molecule is Cc1ccc(-c2cc(Br)ccc2OCC(C)C)n1-c1cccc(C(=O)O)c1.[Na]. The summed E-state index contributed by atoms with van der Waals surface area (Å²) in [6.45, 7) is 6.86. The number of ether oxygens (including phenoxy) is 1. The number of nitrogens with zero attached hydrogens (tertiary/aromatic N) is 1. The minimum Gasteiger partial charge on any atom is -0.493 e. The van der Waals surface area contributed by atoms with E-state index in [1.807, 2.05) is 43.3 Å². The third kappa shape index (κ3) is 5.09. The van der Waals surface area contributed by atoms with Gasteiger partial charge in [0, 0.05) is 51.0 Å². The predicted octanol–water partition coefficient (Wildman–Crippen LogP) is 5.57. The third-order valence-corrected chi connectivity index (χ3v) is 4.71. The molecular formula is C22H22BrNNaO3. The zero-order chi connectivity index (χ0) is 19.6. The number of aryl methyl sites for hydroxylation is 1.